The van der Waals surface area contributed by atoms with Crippen molar-refractivity contribution >= 4 is 27.6 Å². The molecule has 2 fully saturated rings. The molecule has 2 bridgehead atoms. The molecular weight excluding hydrogens is 280 g/mol. The van der Waals surface area contributed by atoms with Gasteiger partial charge in [-0.2, -0.15) is 0 Å². The Morgan fingerprint density at radius 3 is 3.00 bits per heavy atom. The van der Waals surface area contributed by atoms with Crippen LogP contribution in [-0.2, 0) is 0 Å². The van der Waals surface area contributed by atoms with Crippen molar-refractivity contribution in [3.63, 3.8) is 0 Å². The Labute approximate surface area is 110 Å². The van der Waals surface area contributed by atoms with Crippen LogP contribution in [-0.4, -0.2) is 29.1 Å². The van der Waals surface area contributed by atoms with Crippen molar-refractivity contribution in [2.45, 2.75) is 32.2 Å². The van der Waals surface area contributed by atoms with Crippen LogP contribution in [0.4, 0.5) is 11.6 Å². The van der Waals surface area contributed by atoms with E-state index < -0.39 is 0 Å². The van der Waals surface area contributed by atoms with Gasteiger partial charge in [-0.05, 0) is 48.0 Å². The molecule has 0 aromatic carbocycles. The topological polar surface area (TPSA) is 41.1 Å². The zero-order valence-electron chi connectivity index (χ0n) is 9.99. The second kappa shape index (κ2) is 4.44. The molecule has 1 aromatic rings. The van der Waals surface area contributed by atoms with Gasteiger partial charge in [0.2, 0.25) is 0 Å². The van der Waals surface area contributed by atoms with E-state index in [-0.39, 0.29) is 0 Å². The lowest BCUT2D eigenvalue weighted by Gasteiger charge is -2.29. The molecule has 2 atom stereocenters. The molecule has 1 N–H and O–H groups in total. The van der Waals surface area contributed by atoms with Crippen LogP contribution in [0, 0.1) is 5.92 Å². The van der Waals surface area contributed by atoms with E-state index in [2.05, 4.69) is 43.0 Å². The summed E-state index contributed by atoms with van der Waals surface area (Å²) in [5, 5.41) is 3.26. The summed E-state index contributed by atoms with van der Waals surface area (Å²) in [7, 11) is 0. The maximum Gasteiger partial charge on any atom is 0.148 e. The Kier molecular flexibility index (Phi) is 2.94. The zero-order chi connectivity index (χ0) is 11.8. The lowest BCUT2D eigenvalue weighted by atomic mass is 10.1. The predicted octanol–water partition coefficient (Wildman–Crippen LogP) is 2.66. The first-order valence-electron chi connectivity index (χ1n) is 6.30. The molecule has 2 aliphatic rings. The number of halogens is 1. The fourth-order valence-electron chi connectivity index (χ4n) is 3.04. The fourth-order valence-corrected chi connectivity index (χ4v) is 3.61. The number of fused-ring (bicyclic) bond motifs is 2. The molecule has 5 heteroatoms. The van der Waals surface area contributed by atoms with E-state index in [1.54, 1.807) is 6.33 Å². The van der Waals surface area contributed by atoms with Gasteiger partial charge in [-0.25, -0.2) is 9.97 Å². The van der Waals surface area contributed by atoms with E-state index >= 15 is 0 Å². The summed E-state index contributed by atoms with van der Waals surface area (Å²) in [5.41, 5.74) is 0. The smallest absolute Gasteiger partial charge is 0.148 e. The molecule has 1 aliphatic carbocycles. The first kappa shape index (κ1) is 11.3. The van der Waals surface area contributed by atoms with E-state index in [4.69, 9.17) is 0 Å². The number of nitrogens with one attached hydrogen (secondary N) is 1. The van der Waals surface area contributed by atoms with Gasteiger partial charge in [-0.3, -0.25) is 0 Å². The number of hydrogen-bond acceptors (Lipinski definition) is 4. The van der Waals surface area contributed by atoms with Crippen LogP contribution in [0.15, 0.2) is 10.8 Å². The van der Waals surface area contributed by atoms with Crippen LogP contribution >= 0.6 is 15.9 Å². The van der Waals surface area contributed by atoms with Gasteiger partial charge in [0.05, 0.1) is 0 Å². The number of piperidine rings is 1. The van der Waals surface area contributed by atoms with E-state index in [0.29, 0.717) is 6.04 Å². The van der Waals surface area contributed by atoms with Gasteiger partial charge in [-0.15, -0.1) is 0 Å². The Bertz CT molecular complexity index is 423. The first-order chi connectivity index (χ1) is 8.29. The molecule has 3 rings (SSSR count). The highest BCUT2D eigenvalue weighted by atomic mass is 79.9. The van der Waals surface area contributed by atoms with Crippen LogP contribution in [0.1, 0.15) is 26.2 Å². The highest BCUT2D eigenvalue weighted by Crippen LogP contribution is 2.42. The van der Waals surface area contributed by atoms with Crippen molar-refractivity contribution in [1.82, 2.24) is 9.97 Å². The molecule has 17 heavy (non-hydrogen) atoms. The van der Waals surface area contributed by atoms with Gasteiger partial charge in [0.15, 0.2) is 0 Å². The lowest BCUT2D eigenvalue weighted by Crippen LogP contribution is -2.33. The third-order valence-corrected chi connectivity index (χ3v) is 4.53. The minimum absolute atomic E-state index is 0.695. The standard InChI is InChI=1S/C12H17BrN4/c1-2-14-11-10(13)12(16-7-15-11)17-6-8-3-4-9(17)5-8/h7-9H,2-6H2,1H3,(H,14,15,16). The normalized spacial score (nSPS) is 26.6. The zero-order valence-corrected chi connectivity index (χ0v) is 11.6. The Morgan fingerprint density at radius 1 is 1.47 bits per heavy atom. The third-order valence-electron chi connectivity index (χ3n) is 3.80. The molecule has 1 saturated heterocycles. The molecule has 1 aliphatic heterocycles. The van der Waals surface area contributed by atoms with Gasteiger partial charge in [0.1, 0.15) is 22.4 Å². The van der Waals surface area contributed by atoms with E-state index in [1.807, 2.05) is 0 Å². The Morgan fingerprint density at radius 2 is 2.35 bits per heavy atom. The van der Waals surface area contributed by atoms with Crippen LogP contribution in [0.25, 0.3) is 0 Å². The summed E-state index contributed by atoms with van der Waals surface area (Å²) >= 11 is 3.63. The average molecular weight is 297 g/mol. The number of rotatable bonds is 3. The molecule has 1 saturated carbocycles. The Balaban J connectivity index is 1.90. The largest absolute Gasteiger partial charge is 0.369 e. The summed E-state index contributed by atoms with van der Waals surface area (Å²) in [4.78, 5) is 11.2. The van der Waals surface area contributed by atoms with Crippen molar-refractivity contribution in [1.29, 1.82) is 0 Å². The summed E-state index contributed by atoms with van der Waals surface area (Å²) in [6.45, 7) is 4.11. The monoisotopic (exact) mass is 296 g/mol. The molecule has 0 amide bonds. The molecular formula is C12H17BrN4. The van der Waals surface area contributed by atoms with Crippen molar-refractivity contribution in [3.8, 4) is 0 Å². The summed E-state index contributed by atoms with van der Waals surface area (Å²) in [5.74, 6) is 2.84. The molecule has 2 unspecified atom stereocenters. The van der Waals surface area contributed by atoms with E-state index in [9.17, 15) is 0 Å². The molecule has 92 valence electrons. The number of nitrogens with zero attached hydrogens (tertiary/aromatic N) is 3. The van der Waals surface area contributed by atoms with Crippen LogP contribution in [0.2, 0.25) is 0 Å². The minimum atomic E-state index is 0.695. The van der Waals surface area contributed by atoms with Gasteiger partial charge in [-0.1, -0.05) is 0 Å². The summed E-state index contributed by atoms with van der Waals surface area (Å²) in [6.07, 6.45) is 5.71. The number of hydrogen-bond donors (Lipinski definition) is 1. The second-order valence-corrected chi connectivity index (χ2v) is 5.67. The SMILES string of the molecule is CCNc1ncnc(N2CC3CCC2C3)c1Br. The fraction of sp³-hybridized carbons (Fsp3) is 0.667. The third kappa shape index (κ3) is 1.90. The predicted molar refractivity (Wildman–Crippen MR) is 72.4 cm³/mol. The van der Waals surface area contributed by atoms with Crippen molar-refractivity contribution in [2.24, 2.45) is 5.92 Å². The highest BCUT2D eigenvalue weighted by molar-refractivity contribution is 9.10. The average Bonchev–Trinajstić information content (AvgIpc) is 2.94. The van der Waals surface area contributed by atoms with Crippen molar-refractivity contribution in [2.75, 3.05) is 23.3 Å². The maximum atomic E-state index is 4.45. The van der Waals surface area contributed by atoms with Crippen LogP contribution < -0.4 is 10.2 Å². The lowest BCUT2D eigenvalue weighted by molar-refractivity contribution is 0.549. The number of aromatic nitrogens is 2. The minimum Gasteiger partial charge on any atom is -0.369 e. The summed E-state index contributed by atoms with van der Waals surface area (Å²) in [6, 6.07) is 0.695. The Hall–Kier alpha value is -0.840. The van der Waals surface area contributed by atoms with Gasteiger partial charge in [0, 0.05) is 19.1 Å². The van der Waals surface area contributed by atoms with E-state index in [0.717, 1.165) is 35.1 Å². The number of anilines is 2. The van der Waals surface area contributed by atoms with Crippen molar-refractivity contribution < 1.29 is 0 Å². The molecule has 1 aromatic heterocycles. The highest BCUT2D eigenvalue weighted by Gasteiger charge is 2.39. The molecule has 4 nitrogen and oxygen atoms in total. The molecule has 0 spiro atoms. The second-order valence-electron chi connectivity index (χ2n) is 4.88. The quantitative estimate of drug-likeness (QED) is 0.931. The summed E-state index contributed by atoms with van der Waals surface area (Å²) < 4.78 is 1.01. The van der Waals surface area contributed by atoms with E-state index in [1.165, 1.54) is 19.3 Å². The molecule has 2 heterocycles. The van der Waals surface area contributed by atoms with Gasteiger partial charge in [0.25, 0.3) is 0 Å². The van der Waals surface area contributed by atoms with Gasteiger partial charge >= 0.3 is 0 Å². The molecule has 0 radical (unpaired) electrons. The van der Waals surface area contributed by atoms with Gasteiger partial charge < -0.3 is 10.2 Å². The van der Waals surface area contributed by atoms with Crippen molar-refractivity contribution in [3.05, 3.63) is 10.8 Å². The first-order valence-corrected chi connectivity index (χ1v) is 7.10. The maximum absolute atomic E-state index is 4.45. The van der Waals surface area contributed by atoms with Crippen LogP contribution in [0.5, 0.6) is 0 Å². The van der Waals surface area contributed by atoms with Crippen LogP contribution in [0.3, 0.4) is 0 Å².